The van der Waals surface area contributed by atoms with Gasteiger partial charge in [-0.05, 0) is 98.8 Å². The van der Waals surface area contributed by atoms with Crippen molar-refractivity contribution in [1.29, 1.82) is 0 Å². The van der Waals surface area contributed by atoms with Crippen LogP contribution in [0.5, 0.6) is 0 Å². The lowest BCUT2D eigenvalue weighted by Crippen LogP contribution is -2.58. The van der Waals surface area contributed by atoms with Crippen molar-refractivity contribution in [3.63, 3.8) is 0 Å². The molecule has 3 aromatic carbocycles. The van der Waals surface area contributed by atoms with Crippen molar-refractivity contribution in [2.24, 2.45) is 9.98 Å². The molecule has 0 spiro atoms. The summed E-state index contributed by atoms with van der Waals surface area (Å²) in [6.45, 7) is 6.01. The van der Waals surface area contributed by atoms with Gasteiger partial charge in [0.25, 0.3) is 0 Å². The molecule has 3 aromatic rings. The molecule has 3 aliphatic rings. The summed E-state index contributed by atoms with van der Waals surface area (Å²) < 4.78 is 22.8. The van der Waals surface area contributed by atoms with Crippen molar-refractivity contribution in [2.45, 2.75) is 75.5 Å². The predicted molar refractivity (Wildman–Crippen MR) is 176 cm³/mol. The maximum Gasteiger partial charge on any atom is 0.316 e. The number of fused-ring (bicyclic) bond motifs is 3. The molecule has 228 valence electrons. The standard InChI is InChI=1S/C34H42ClFN6O/c1-38-20-25-12-11-24(40-25)16-22-17-30(35)31(29-18-23(37)15-21-7-3-4-10-28(21)29)32(36)33(22)41-34(39-2)43-14-6-13-42-26-8-5-9-27(42)19-26/h3-4,7,10,15,17-18,24-27,38,40H,2,5-6,8-9,11-14,16,19-20,37H2,1H3/b41-34+. The molecule has 4 unspecified atom stereocenters. The summed E-state index contributed by atoms with van der Waals surface area (Å²) in [6, 6.07) is 15.4. The predicted octanol–water partition coefficient (Wildman–Crippen LogP) is 6.49. The summed E-state index contributed by atoms with van der Waals surface area (Å²) in [5, 5.41) is 9.00. The number of ether oxygens (including phenoxy) is 1. The van der Waals surface area contributed by atoms with Gasteiger partial charge in [0.15, 0.2) is 5.82 Å². The number of nitrogens with two attached hydrogens (primary N) is 1. The van der Waals surface area contributed by atoms with Crippen LogP contribution in [0.2, 0.25) is 5.02 Å². The lowest BCUT2D eigenvalue weighted by molar-refractivity contribution is -0.0296. The molecule has 4 N–H and O–H groups in total. The van der Waals surface area contributed by atoms with E-state index in [4.69, 9.17) is 22.1 Å². The highest BCUT2D eigenvalue weighted by Crippen LogP contribution is 2.43. The molecule has 3 aliphatic heterocycles. The number of amidine groups is 1. The maximum absolute atomic E-state index is 16.8. The van der Waals surface area contributed by atoms with Crippen molar-refractivity contribution in [3.05, 3.63) is 58.9 Å². The minimum Gasteiger partial charge on any atom is -0.463 e. The van der Waals surface area contributed by atoms with Gasteiger partial charge in [-0.1, -0.05) is 42.3 Å². The number of hydrogen-bond acceptors (Lipinski definition) is 6. The minimum atomic E-state index is -0.513. The molecule has 3 heterocycles. The Morgan fingerprint density at radius 1 is 1.16 bits per heavy atom. The topological polar surface area (TPSA) is 87.3 Å². The number of nitrogens with one attached hydrogen (secondary N) is 2. The van der Waals surface area contributed by atoms with E-state index in [1.54, 1.807) is 6.07 Å². The van der Waals surface area contributed by atoms with Gasteiger partial charge in [0, 0.05) is 48.5 Å². The van der Waals surface area contributed by atoms with E-state index in [0.29, 0.717) is 40.9 Å². The fraction of sp³-hybridized carbons (Fsp3) is 0.471. The zero-order valence-electron chi connectivity index (χ0n) is 24.9. The number of nitrogen functional groups attached to an aromatic ring is 1. The number of likely N-dealkylation sites (N-methyl/N-ethyl adjacent to an activating group) is 1. The van der Waals surface area contributed by atoms with E-state index in [1.165, 1.54) is 25.7 Å². The van der Waals surface area contributed by atoms with Crippen LogP contribution in [0, 0.1) is 5.82 Å². The summed E-state index contributed by atoms with van der Waals surface area (Å²) in [6.07, 6.45) is 8.74. The highest BCUT2D eigenvalue weighted by Gasteiger charge is 2.40. The van der Waals surface area contributed by atoms with Gasteiger partial charge in [0.05, 0.1) is 11.6 Å². The van der Waals surface area contributed by atoms with Gasteiger partial charge < -0.3 is 21.1 Å². The first-order chi connectivity index (χ1) is 20.9. The van der Waals surface area contributed by atoms with Crippen LogP contribution >= 0.6 is 11.6 Å². The molecule has 43 heavy (non-hydrogen) atoms. The second-order valence-electron chi connectivity index (χ2n) is 12.2. The van der Waals surface area contributed by atoms with E-state index in [9.17, 15) is 0 Å². The Hall–Kier alpha value is -3.04. The molecule has 3 fully saturated rings. The van der Waals surface area contributed by atoms with Crippen molar-refractivity contribution >= 4 is 46.5 Å². The maximum atomic E-state index is 16.8. The number of hydrogen-bond donors (Lipinski definition) is 3. The molecule has 0 aliphatic carbocycles. The largest absolute Gasteiger partial charge is 0.463 e. The van der Waals surface area contributed by atoms with E-state index in [2.05, 4.69) is 32.2 Å². The van der Waals surface area contributed by atoms with Crippen LogP contribution in [-0.4, -0.2) is 68.6 Å². The van der Waals surface area contributed by atoms with Gasteiger partial charge in [-0.2, -0.15) is 4.99 Å². The number of halogens is 2. The van der Waals surface area contributed by atoms with Gasteiger partial charge in [0.2, 0.25) is 0 Å². The molecule has 0 amide bonds. The molecule has 3 saturated heterocycles. The molecule has 7 nitrogen and oxygen atoms in total. The number of rotatable bonds is 10. The molecule has 6 rings (SSSR count). The van der Waals surface area contributed by atoms with Crippen LogP contribution in [0.4, 0.5) is 15.8 Å². The van der Waals surface area contributed by atoms with Gasteiger partial charge in [-0.3, -0.25) is 4.90 Å². The molecular weight excluding hydrogens is 563 g/mol. The molecule has 9 heteroatoms. The first-order valence-electron chi connectivity index (χ1n) is 15.6. The summed E-state index contributed by atoms with van der Waals surface area (Å²) in [7, 11) is 1.95. The molecule has 0 saturated carbocycles. The highest BCUT2D eigenvalue weighted by atomic mass is 35.5. The minimum absolute atomic E-state index is 0.0714. The van der Waals surface area contributed by atoms with E-state index in [0.717, 1.165) is 55.2 Å². The normalized spacial score (nSPS) is 23.8. The van der Waals surface area contributed by atoms with Crippen LogP contribution in [-0.2, 0) is 11.2 Å². The number of aliphatic imine (C=N–C) groups is 2. The van der Waals surface area contributed by atoms with Crippen molar-refractivity contribution < 1.29 is 9.13 Å². The second-order valence-corrected chi connectivity index (χ2v) is 12.6. The van der Waals surface area contributed by atoms with Crippen molar-refractivity contribution in [1.82, 2.24) is 15.5 Å². The Labute approximate surface area is 258 Å². The van der Waals surface area contributed by atoms with Crippen molar-refractivity contribution in [2.75, 3.05) is 32.5 Å². The van der Waals surface area contributed by atoms with Crippen LogP contribution in [0.1, 0.15) is 50.5 Å². The van der Waals surface area contributed by atoms with E-state index in [1.807, 2.05) is 43.4 Å². The highest BCUT2D eigenvalue weighted by molar-refractivity contribution is 6.34. The Morgan fingerprint density at radius 2 is 1.95 bits per heavy atom. The SMILES string of the molecule is C=N/C(=N\c1c(CC2CCC(CNC)N2)cc(Cl)c(-c2cc(N)cc3ccccc23)c1F)OCCCN1C2CCCC1C2. The smallest absolute Gasteiger partial charge is 0.316 e. The molecule has 2 bridgehead atoms. The summed E-state index contributed by atoms with van der Waals surface area (Å²) in [5.41, 5.74) is 8.59. The first kappa shape index (κ1) is 30.0. The molecular formula is C34H42ClFN6O. The Morgan fingerprint density at radius 3 is 2.72 bits per heavy atom. The third-order valence-corrected chi connectivity index (χ3v) is 9.67. The van der Waals surface area contributed by atoms with Crippen LogP contribution in [0.25, 0.3) is 21.9 Å². The quantitative estimate of drug-likeness (QED) is 0.107. The van der Waals surface area contributed by atoms with E-state index >= 15 is 4.39 Å². The van der Waals surface area contributed by atoms with Gasteiger partial charge in [-0.15, -0.1) is 0 Å². The number of anilines is 1. The van der Waals surface area contributed by atoms with Crippen molar-refractivity contribution in [3.8, 4) is 11.1 Å². The average Bonchev–Trinajstić information content (AvgIpc) is 3.44. The molecule has 4 atom stereocenters. The van der Waals surface area contributed by atoms with E-state index < -0.39 is 5.82 Å². The van der Waals surface area contributed by atoms with E-state index in [-0.39, 0.29) is 23.3 Å². The van der Waals surface area contributed by atoms with Gasteiger partial charge >= 0.3 is 6.02 Å². The Balaban J connectivity index is 1.31. The average molecular weight is 605 g/mol. The molecule has 0 radical (unpaired) electrons. The monoisotopic (exact) mass is 604 g/mol. The summed E-state index contributed by atoms with van der Waals surface area (Å²) in [4.78, 5) is 11.3. The Kier molecular flexibility index (Phi) is 9.28. The fourth-order valence-electron chi connectivity index (χ4n) is 7.34. The van der Waals surface area contributed by atoms with Crippen LogP contribution < -0.4 is 16.4 Å². The lowest BCUT2D eigenvalue weighted by Gasteiger charge is -2.53. The molecule has 0 aromatic heterocycles. The van der Waals surface area contributed by atoms with Crippen LogP contribution in [0.15, 0.2) is 52.4 Å². The summed E-state index contributed by atoms with van der Waals surface area (Å²) in [5.74, 6) is -0.513. The first-order valence-corrected chi connectivity index (χ1v) is 16.0. The zero-order valence-corrected chi connectivity index (χ0v) is 25.7. The van der Waals surface area contributed by atoms with Gasteiger partial charge in [-0.25, -0.2) is 9.38 Å². The summed E-state index contributed by atoms with van der Waals surface area (Å²) >= 11 is 6.89. The Bertz CT molecular complexity index is 1500. The number of benzene rings is 3. The van der Waals surface area contributed by atoms with Gasteiger partial charge in [0.1, 0.15) is 5.69 Å². The lowest BCUT2D eigenvalue weighted by atomic mass is 9.80. The third kappa shape index (κ3) is 6.43. The second kappa shape index (κ2) is 13.3. The number of nitrogens with zero attached hydrogens (tertiary/aromatic N) is 3. The van der Waals surface area contributed by atoms with Crippen LogP contribution in [0.3, 0.4) is 0 Å². The number of piperidine rings is 1. The third-order valence-electron chi connectivity index (χ3n) is 9.37. The zero-order chi connectivity index (χ0) is 29.9. The fourth-order valence-corrected chi connectivity index (χ4v) is 7.66.